The second-order valence-corrected chi connectivity index (χ2v) is 11.2. The molecular weight excluding hydrogens is 527 g/mol. The molecular formula is C30H36FN6O4. The van der Waals surface area contributed by atoms with Crippen molar-refractivity contribution in [3.63, 3.8) is 0 Å². The standard InChI is InChI=1S/C30H36FN6O4/c1-3-25(38)37-15-14-36(17-21(37)11-12-32)29-23-10-9-20(16-19-6-4-8-24(31)27(19)39)28(40)26(23)33-30(34-29)41-18-22-7-5-13-35(22)2/h3-4,8,20-22,39H,1,5-7,9-11,13-18H2,2H3/t20-,21?,22?/m0/s1. The maximum absolute atomic E-state index is 14.0. The molecule has 2 aliphatic heterocycles. The van der Waals surface area contributed by atoms with Crippen molar-refractivity contribution in [2.45, 2.75) is 57.0 Å². The second-order valence-electron chi connectivity index (χ2n) is 11.2. The highest BCUT2D eigenvalue weighted by Gasteiger charge is 2.37. The number of ether oxygens (including phenoxy) is 1. The molecule has 0 saturated carbocycles. The number of carbonyl (C=O) groups excluding carboxylic acids is 2. The van der Waals surface area contributed by atoms with E-state index in [0.717, 1.165) is 24.9 Å². The van der Waals surface area contributed by atoms with E-state index in [9.17, 15) is 24.3 Å². The number of anilines is 1. The van der Waals surface area contributed by atoms with Crippen LogP contribution in [0.25, 0.3) is 0 Å². The number of carbonyl (C=O) groups is 2. The molecule has 3 heterocycles. The van der Waals surface area contributed by atoms with Crippen LogP contribution in [0.5, 0.6) is 6.01 Å². The minimum absolute atomic E-state index is 0.122. The molecule has 217 valence electrons. The Morgan fingerprint density at radius 3 is 2.85 bits per heavy atom. The van der Waals surface area contributed by atoms with Crippen molar-refractivity contribution in [2.75, 3.05) is 44.7 Å². The molecule has 11 heteroatoms. The lowest BCUT2D eigenvalue weighted by atomic mass is 9.80. The molecule has 0 spiro atoms. The van der Waals surface area contributed by atoms with Crippen molar-refractivity contribution < 1.29 is 23.8 Å². The Hall–Kier alpha value is -3.78. The number of allylic oxidation sites excluding steroid dienone is 3. The van der Waals surface area contributed by atoms with E-state index in [1.165, 1.54) is 12.2 Å². The summed E-state index contributed by atoms with van der Waals surface area (Å²) >= 11 is 0. The molecule has 2 fully saturated rings. The van der Waals surface area contributed by atoms with Gasteiger partial charge in [0.2, 0.25) is 5.91 Å². The van der Waals surface area contributed by atoms with Crippen molar-refractivity contribution in [1.29, 1.82) is 5.26 Å². The zero-order valence-electron chi connectivity index (χ0n) is 23.4. The summed E-state index contributed by atoms with van der Waals surface area (Å²) in [6.07, 6.45) is 8.06. The van der Waals surface area contributed by atoms with Gasteiger partial charge in [-0.3, -0.25) is 9.59 Å². The van der Waals surface area contributed by atoms with Crippen LogP contribution in [0.3, 0.4) is 0 Å². The topological polar surface area (TPSA) is 123 Å². The van der Waals surface area contributed by atoms with E-state index < -0.39 is 11.7 Å². The Morgan fingerprint density at radius 2 is 2.12 bits per heavy atom. The summed E-state index contributed by atoms with van der Waals surface area (Å²) in [7, 11) is 2.05. The van der Waals surface area contributed by atoms with Crippen LogP contribution < -0.4 is 9.64 Å². The Balaban J connectivity index is 1.45. The highest BCUT2D eigenvalue weighted by Crippen LogP contribution is 2.38. The summed E-state index contributed by atoms with van der Waals surface area (Å²) in [5.41, 5.74) is 1.51. The molecule has 4 aliphatic rings. The van der Waals surface area contributed by atoms with Crippen LogP contribution in [-0.2, 0) is 11.2 Å². The number of nitrogens with zero attached hydrogens (tertiary/aromatic N) is 6. The number of rotatable bonds is 8. The number of aliphatic hydroxyl groups is 1. The lowest BCUT2D eigenvalue weighted by molar-refractivity contribution is -0.128. The fourth-order valence-corrected chi connectivity index (χ4v) is 6.27. The Kier molecular flexibility index (Phi) is 8.68. The zero-order chi connectivity index (χ0) is 29.1. The number of Topliss-reactive ketones (excluding diaryl/α,β-unsaturated/α-hetero) is 1. The summed E-state index contributed by atoms with van der Waals surface area (Å²) in [6, 6.07) is 2.18. The Morgan fingerprint density at radius 1 is 1.29 bits per heavy atom. The number of aliphatic hydroxyl groups excluding tert-OH is 1. The van der Waals surface area contributed by atoms with Crippen molar-refractivity contribution >= 4 is 17.5 Å². The first-order valence-electron chi connectivity index (χ1n) is 14.2. The molecule has 1 N–H and O–H groups in total. The molecule has 1 aromatic rings. The van der Waals surface area contributed by atoms with Gasteiger partial charge in [0, 0.05) is 37.2 Å². The lowest BCUT2D eigenvalue weighted by Crippen LogP contribution is -2.55. The van der Waals surface area contributed by atoms with Crippen LogP contribution in [0.15, 0.2) is 35.9 Å². The number of piperazine rings is 1. The van der Waals surface area contributed by atoms with Crippen molar-refractivity contribution in [3.05, 3.63) is 53.6 Å². The predicted molar refractivity (Wildman–Crippen MR) is 150 cm³/mol. The predicted octanol–water partition coefficient (Wildman–Crippen LogP) is 3.48. The third-order valence-corrected chi connectivity index (χ3v) is 8.64. The largest absolute Gasteiger partial charge is 0.505 e. The first-order valence-corrected chi connectivity index (χ1v) is 14.2. The van der Waals surface area contributed by atoms with Crippen LogP contribution in [-0.4, -0.2) is 88.5 Å². The van der Waals surface area contributed by atoms with Crippen LogP contribution in [0.1, 0.15) is 54.6 Å². The second kappa shape index (κ2) is 12.4. The van der Waals surface area contributed by atoms with Gasteiger partial charge in [-0.25, -0.2) is 4.39 Å². The monoisotopic (exact) mass is 563 g/mol. The number of likely N-dealkylation sites (N-methyl/N-ethyl adjacent to an activating group) is 1. The number of nitriles is 1. The number of fused-ring (bicyclic) bond motifs is 1. The van der Waals surface area contributed by atoms with Gasteiger partial charge in [0.25, 0.3) is 0 Å². The maximum atomic E-state index is 14.0. The third-order valence-electron chi connectivity index (χ3n) is 8.64. The molecule has 0 bridgehead atoms. The molecule has 41 heavy (non-hydrogen) atoms. The van der Waals surface area contributed by atoms with E-state index in [1.54, 1.807) is 11.3 Å². The summed E-state index contributed by atoms with van der Waals surface area (Å²) in [5, 5.41) is 19.7. The van der Waals surface area contributed by atoms with Crippen molar-refractivity contribution in [1.82, 2.24) is 19.8 Å². The van der Waals surface area contributed by atoms with Gasteiger partial charge >= 0.3 is 6.01 Å². The van der Waals surface area contributed by atoms with Crippen LogP contribution in [0.2, 0.25) is 0 Å². The van der Waals surface area contributed by atoms with Crippen LogP contribution in [0.4, 0.5) is 10.2 Å². The average molecular weight is 564 g/mol. The van der Waals surface area contributed by atoms with Crippen LogP contribution >= 0.6 is 0 Å². The quantitative estimate of drug-likeness (QED) is 0.474. The number of aromatic nitrogens is 2. The minimum Gasteiger partial charge on any atom is -0.505 e. The van der Waals surface area contributed by atoms with Crippen LogP contribution in [0, 0.1) is 23.7 Å². The van der Waals surface area contributed by atoms with Gasteiger partial charge in [0.15, 0.2) is 11.6 Å². The minimum atomic E-state index is -0.687. The summed E-state index contributed by atoms with van der Waals surface area (Å²) in [5.74, 6) is -1.33. The van der Waals surface area contributed by atoms with Gasteiger partial charge < -0.3 is 24.5 Å². The summed E-state index contributed by atoms with van der Waals surface area (Å²) < 4.78 is 20.1. The van der Waals surface area contributed by atoms with Gasteiger partial charge in [-0.1, -0.05) is 6.58 Å². The van der Waals surface area contributed by atoms with Crippen molar-refractivity contribution in [3.8, 4) is 12.1 Å². The van der Waals surface area contributed by atoms with Gasteiger partial charge in [0.1, 0.15) is 23.9 Å². The molecule has 1 amide bonds. The molecule has 2 aliphatic carbocycles. The molecule has 0 aromatic carbocycles. The van der Waals surface area contributed by atoms with E-state index in [4.69, 9.17) is 9.72 Å². The smallest absolute Gasteiger partial charge is 0.319 e. The van der Waals surface area contributed by atoms with Gasteiger partial charge in [-0.2, -0.15) is 15.2 Å². The zero-order valence-corrected chi connectivity index (χ0v) is 23.4. The molecule has 1 aromatic heterocycles. The lowest BCUT2D eigenvalue weighted by Gasteiger charge is -2.41. The molecule has 3 atom stereocenters. The van der Waals surface area contributed by atoms with E-state index in [-0.39, 0.29) is 48.4 Å². The maximum Gasteiger partial charge on any atom is 0.319 e. The number of ketones is 1. The van der Waals surface area contributed by atoms with E-state index in [0.29, 0.717) is 62.6 Å². The van der Waals surface area contributed by atoms with Crippen molar-refractivity contribution in [2.24, 2.45) is 5.92 Å². The van der Waals surface area contributed by atoms with E-state index >= 15 is 0 Å². The first kappa shape index (κ1) is 28.7. The number of halogens is 1. The number of hydrogen-bond donors (Lipinski definition) is 1. The number of likely N-dealkylation sites (tertiary alicyclic amines) is 1. The first-order chi connectivity index (χ1) is 19.8. The molecule has 2 saturated heterocycles. The van der Waals surface area contributed by atoms with Gasteiger partial charge in [-0.15, -0.1) is 0 Å². The fraction of sp³-hybridized carbons (Fsp3) is 0.533. The highest BCUT2D eigenvalue weighted by molar-refractivity contribution is 5.99. The third kappa shape index (κ3) is 5.98. The Labute approximate surface area is 239 Å². The van der Waals surface area contributed by atoms with E-state index in [1.807, 2.05) is 4.90 Å². The summed E-state index contributed by atoms with van der Waals surface area (Å²) in [6.45, 7) is 6.21. The number of amides is 1. The molecule has 2 unspecified atom stereocenters. The number of hydrogen-bond acceptors (Lipinski definition) is 9. The highest BCUT2D eigenvalue weighted by atomic mass is 19.1. The molecule has 1 radical (unpaired) electrons. The van der Waals surface area contributed by atoms with Gasteiger partial charge in [0.05, 0.1) is 18.5 Å². The SMILES string of the molecule is C=CC(=O)N1CCN(c2nc(OCC3CCCN3C)nc3c2CC[C@@H](CC2=C(O)C(F)=C[CH]C2)C3=O)CC1CC#N. The molecule has 5 rings (SSSR count). The van der Waals surface area contributed by atoms with Gasteiger partial charge in [-0.05, 0) is 76.3 Å². The fourth-order valence-electron chi connectivity index (χ4n) is 6.27. The summed E-state index contributed by atoms with van der Waals surface area (Å²) in [4.78, 5) is 41.5. The molecule has 10 nitrogen and oxygen atoms in total. The average Bonchev–Trinajstić information content (AvgIpc) is 3.39. The van der Waals surface area contributed by atoms with E-state index in [2.05, 4.69) is 29.6 Å². The normalized spacial score (nSPS) is 25.0. The Bertz CT molecular complexity index is 1320.